The summed E-state index contributed by atoms with van der Waals surface area (Å²) in [6.45, 7) is 2.21. The Morgan fingerprint density at radius 1 is 1.19 bits per heavy atom. The monoisotopic (exact) mass is 373 g/mol. The predicted molar refractivity (Wildman–Crippen MR) is 100 cm³/mol. The zero-order valence-electron chi connectivity index (χ0n) is 14.1. The van der Waals surface area contributed by atoms with Gasteiger partial charge in [-0.25, -0.2) is 0 Å². The van der Waals surface area contributed by atoms with E-state index in [0.717, 1.165) is 18.7 Å². The summed E-state index contributed by atoms with van der Waals surface area (Å²) in [7, 11) is 0. The second-order valence-electron chi connectivity index (χ2n) is 5.93. The van der Waals surface area contributed by atoms with E-state index in [9.17, 15) is 9.59 Å². The van der Waals surface area contributed by atoms with E-state index >= 15 is 0 Å². The van der Waals surface area contributed by atoms with E-state index in [0.29, 0.717) is 22.9 Å². The van der Waals surface area contributed by atoms with E-state index in [-0.39, 0.29) is 24.5 Å². The lowest BCUT2D eigenvalue weighted by atomic mass is 10.1. The minimum atomic E-state index is -0.347. The topological polar surface area (TPSA) is 79.5 Å². The fourth-order valence-electron chi connectivity index (χ4n) is 2.66. The lowest BCUT2D eigenvalue weighted by Gasteiger charge is -2.24. The number of hydrogen-bond acceptors (Lipinski definition) is 4. The largest absolute Gasteiger partial charge is 0.371 e. The minimum Gasteiger partial charge on any atom is -0.371 e. The molecule has 1 unspecified atom stereocenters. The maximum absolute atomic E-state index is 12.0. The van der Waals surface area contributed by atoms with Crippen LogP contribution in [0.15, 0.2) is 48.5 Å². The molecule has 0 aliphatic carbocycles. The van der Waals surface area contributed by atoms with Crippen LogP contribution in [0.5, 0.6) is 0 Å². The molecule has 1 fully saturated rings. The van der Waals surface area contributed by atoms with Crippen LogP contribution >= 0.6 is 11.6 Å². The summed E-state index contributed by atoms with van der Waals surface area (Å²) >= 11 is 5.86. The van der Waals surface area contributed by atoms with Crippen LogP contribution in [0, 0.1) is 0 Å². The van der Waals surface area contributed by atoms with Gasteiger partial charge in [0.15, 0.2) is 0 Å². The number of carbonyl (C=O) groups is 2. The van der Waals surface area contributed by atoms with Crippen molar-refractivity contribution < 1.29 is 14.3 Å². The average Bonchev–Trinajstić information content (AvgIpc) is 2.67. The fourth-order valence-corrected chi connectivity index (χ4v) is 2.85. The molecule has 7 heteroatoms. The number of hydrogen-bond donors (Lipinski definition) is 3. The normalized spacial score (nSPS) is 16.7. The van der Waals surface area contributed by atoms with Crippen molar-refractivity contribution in [2.75, 3.05) is 31.6 Å². The SMILES string of the molecule is O=C(CNC(=O)c1cccc(Cl)c1)Nc1ccc(C2CNCCO2)cc1. The average molecular weight is 374 g/mol. The number of carbonyl (C=O) groups excluding carboxylic acids is 2. The highest BCUT2D eigenvalue weighted by Gasteiger charge is 2.15. The van der Waals surface area contributed by atoms with Crippen LogP contribution < -0.4 is 16.0 Å². The number of amides is 2. The Balaban J connectivity index is 1.49. The summed E-state index contributed by atoms with van der Waals surface area (Å²) in [5.74, 6) is -0.649. The van der Waals surface area contributed by atoms with Crippen molar-refractivity contribution in [1.82, 2.24) is 10.6 Å². The first-order valence-corrected chi connectivity index (χ1v) is 8.75. The van der Waals surface area contributed by atoms with Gasteiger partial charge < -0.3 is 20.7 Å². The molecule has 3 rings (SSSR count). The Kier molecular flexibility index (Phi) is 6.22. The van der Waals surface area contributed by atoms with Crippen molar-refractivity contribution in [2.45, 2.75) is 6.10 Å². The quantitative estimate of drug-likeness (QED) is 0.751. The Morgan fingerprint density at radius 2 is 2.00 bits per heavy atom. The summed E-state index contributed by atoms with van der Waals surface area (Å²) in [6, 6.07) is 14.1. The van der Waals surface area contributed by atoms with Crippen molar-refractivity contribution in [1.29, 1.82) is 0 Å². The smallest absolute Gasteiger partial charge is 0.251 e. The van der Waals surface area contributed by atoms with Crippen LogP contribution in [-0.2, 0) is 9.53 Å². The molecule has 1 aliphatic heterocycles. The Morgan fingerprint density at radius 3 is 2.69 bits per heavy atom. The predicted octanol–water partition coefficient (Wildman–Crippen LogP) is 2.37. The number of halogens is 1. The van der Waals surface area contributed by atoms with E-state index in [1.807, 2.05) is 24.3 Å². The second-order valence-corrected chi connectivity index (χ2v) is 6.36. The van der Waals surface area contributed by atoms with Gasteiger partial charge >= 0.3 is 0 Å². The second kappa shape index (κ2) is 8.80. The van der Waals surface area contributed by atoms with Gasteiger partial charge in [0.2, 0.25) is 5.91 Å². The zero-order valence-corrected chi connectivity index (χ0v) is 14.9. The molecular weight excluding hydrogens is 354 g/mol. The van der Waals surface area contributed by atoms with Crippen LogP contribution in [0.2, 0.25) is 5.02 Å². The first kappa shape index (κ1) is 18.4. The molecule has 26 heavy (non-hydrogen) atoms. The highest BCUT2D eigenvalue weighted by molar-refractivity contribution is 6.31. The Bertz CT molecular complexity index is 774. The van der Waals surface area contributed by atoms with Gasteiger partial charge in [-0.05, 0) is 35.9 Å². The molecule has 2 aromatic rings. The molecule has 6 nitrogen and oxygen atoms in total. The molecule has 2 amide bonds. The van der Waals surface area contributed by atoms with Crippen LogP contribution in [0.25, 0.3) is 0 Å². The van der Waals surface area contributed by atoms with Gasteiger partial charge in [0, 0.05) is 29.4 Å². The van der Waals surface area contributed by atoms with Gasteiger partial charge in [0.1, 0.15) is 0 Å². The Labute approximate surface area is 156 Å². The van der Waals surface area contributed by atoms with Crippen molar-refractivity contribution >= 4 is 29.1 Å². The highest BCUT2D eigenvalue weighted by atomic mass is 35.5. The number of benzene rings is 2. The maximum Gasteiger partial charge on any atom is 0.251 e. The van der Waals surface area contributed by atoms with Gasteiger partial charge in [0.05, 0.1) is 19.3 Å². The van der Waals surface area contributed by atoms with Gasteiger partial charge in [0.25, 0.3) is 5.91 Å². The molecule has 1 saturated heterocycles. The molecule has 0 saturated carbocycles. The van der Waals surface area contributed by atoms with E-state index in [1.54, 1.807) is 24.3 Å². The Hall–Kier alpha value is -2.41. The molecule has 0 aromatic heterocycles. The van der Waals surface area contributed by atoms with Crippen LogP contribution in [-0.4, -0.2) is 38.1 Å². The lowest BCUT2D eigenvalue weighted by molar-refractivity contribution is -0.115. The number of ether oxygens (including phenoxy) is 1. The summed E-state index contributed by atoms with van der Waals surface area (Å²) in [4.78, 5) is 24.0. The molecule has 0 bridgehead atoms. The first-order chi connectivity index (χ1) is 12.6. The van der Waals surface area contributed by atoms with Gasteiger partial charge in [-0.2, -0.15) is 0 Å². The van der Waals surface area contributed by atoms with Crippen LogP contribution in [0.1, 0.15) is 22.0 Å². The molecule has 0 spiro atoms. The summed E-state index contributed by atoms with van der Waals surface area (Å²) in [5, 5.41) is 9.08. The number of anilines is 1. The van der Waals surface area contributed by atoms with Crippen molar-refractivity contribution in [3.05, 3.63) is 64.7 Å². The molecule has 136 valence electrons. The van der Waals surface area contributed by atoms with E-state index in [4.69, 9.17) is 16.3 Å². The summed E-state index contributed by atoms with van der Waals surface area (Å²) in [5.41, 5.74) is 2.14. The third kappa shape index (κ3) is 5.05. The molecule has 3 N–H and O–H groups in total. The minimum absolute atomic E-state index is 0.0329. The molecule has 0 radical (unpaired) electrons. The lowest BCUT2D eigenvalue weighted by Crippen LogP contribution is -2.33. The standard InChI is InChI=1S/C19H20ClN3O3/c20-15-3-1-2-14(10-15)19(25)22-12-18(24)23-16-6-4-13(5-7-16)17-11-21-8-9-26-17/h1-7,10,17,21H,8-9,11-12H2,(H,22,25)(H,23,24). The zero-order chi connectivity index (χ0) is 18.4. The molecule has 1 aliphatic rings. The third-order valence-corrected chi connectivity index (χ3v) is 4.23. The van der Waals surface area contributed by atoms with Crippen molar-refractivity contribution in [2.24, 2.45) is 0 Å². The van der Waals surface area contributed by atoms with Crippen LogP contribution in [0.4, 0.5) is 5.69 Å². The van der Waals surface area contributed by atoms with Crippen molar-refractivity contribution in [3.63, 3.8) is 0 Å². The molecular formula is C19H20ClN3O3. The fraction of sp³-hybridized carbons (Fsp3) is 0.263. The van der Waals surface area contributed by atoms with Gasteiger partial charge in [-0.15, -0.1) is 0 Å². The highest BCUT2D eigenvalue weighted by Crippen LogP contribution is 2.20. The summed E-state index contributed by atoms with van der Waals surface area (Å²) in [6.07, 6.45) is 0.0329. The molecule has 1 heterocycles. The van der Waals surface area contributed by atoms with Gasteiger partial charge in [-0.3, -0.25) is 9.59 Å². The van der Waals surface area contributed by atoms with E-state index in [1.165, 1.54) is 0 Å². The number of morpholine rings is 1. The summed E-state index contributed by atoms with van der Waals surface area (Å²) < 4.78 is 5.69. The molecule has 1 atom stereocenters. The van der Waals surface area contributed by atoms with E-state index < -0.39 is 0 Å². The van der Waals surface area contributed by atoms with E-state index in [2.05, 4.69) is 16.0 Å². The number of rotatable bonds is 5. The maximum atomic E-state index is 12.0. The number of nitrogens with one attached hydrogen (secondary N) is 3. The third-order valence-electron chi connectivity index (χ3n) is 3.99. The van der Waals surface area contributed by atoms with Crippen LogP contribution in [0.3, 0.4) is 0 Å². The first-order valence-electron chi connectivity index (χ1n) is 8.38. The van der Waals surface area contributed by atoms with Crippen molar-refractivity contribution in [3.8, 4) is 0 Å². The molecule has 2 aromatic carbocycles. The van der Waals surface area contributed by atoms with Gasteiger partial charge in [-0.1, -0.05) is 29.8 Å².